The van der Waals surface area contributed by atoms with Crippen molar-refractivity contribution in [3.05, 3.63) is 18.2 Å². The van der Waals surface area contributed by atoms with Gasteiger partial charge in [0.1, 0.15) is 11.5 Å². The first-order chi connectivity index (χ1) is 12.0. The van der Waals surface area contributed by atoms with Crippen molar-refractivity contribution in [1.29, 1.82) is 0 Å². The number of benzene rings is 1. The van der Waals surface area contributed by atoms with Crippen LogP contribution in [0.3, 0.4) is 0 Å². The van der Waals surface area contributed by atoms with E-state index in [0.717, 1.165) is 5.75 Å². The molecule has 1 fully saturated rings. The molecular formula is C20H32N2O3. The molecule has 1 aromatic carbocycles. The van der Waals surface area contributed by atoms with Crippen LogP contribution in [-0.2, 0) is 4.79 Å². The van der Waals surface area contributed by atoms with Crippen LogP contribution in [0.15, 0.2) is 18.2 Å². The number of ether oxygens (including phenoxy) is 2. The fourth-order valence-corrected chi connectivity index (χ4v) is 3.47. The summed E-state index contributed by atoms with van der Waals surface area (Å²) in [5.74, 6) is 1.41. The van der Waals surface area contributed by atoms with Crippen molar-refractivity contribution in [2.45, 2.75) is 65.5 Å². The van der Waals surface area contributed by atoms with Crippen LogP contribution in [0.4, 0.5) is 5.69 Å². The van der Waals surface area contributed by atoms with Crippen LogP contribution in [-0.4, -0.2) is 42.6 Å². The molecule has 1 aromatic rings. The van der Waals surface area contributed by atoms with E-state index < -0.39 is 0 Å². The van der Waals surface area contributed by atoms with Gasteiger partial charge in [-0.05, 0) is 52.7 Å². The van der Waals surface area contributed by atoms with Crippen LogP contribution in [0.25, 0.3) is 0 Å². The molecular weight excluding hydrogens is 316 g/mol. The monoisotopic (exact) mass is 348 g/mol. The Bertz CT molecular complexity index is 554. The SMILES string of the molecule is CCOc1ccc(OCC)c(NC(=O)CN(C(C)C)C2CCCC2)c1. The summed E-state index contributed by atoms with van der Waals surface area (Å²) in [6, 6.07) is 6.42. The van der Waals surface area contributed by atoms with E-state index in [9.17, 15) is 4.79 Å². The maximum Gasteiger partial charge on any atom is 0.238 e. The molecule has 0 atom stereocenters. The molecule has 1 amide bonds. The molecule has 5 nitrogen and oxygen atoms in total. The van der Waals surface area contributed by atoms with Crippen molar-refractivity contribution >= 4 is 11.6 Å². The normalized spacial score (nSPS) is 15.0. The molecule has 0 heterocycles. The highest BCUT2D eigenvalue weighted by atomic mass is 16.5. The smallest absolute Gasteiger partial charge is 0.238 e. The number of nitrogens with one attached hydrogen (secondary N) is 1. The third-order valence-electron chi connectivity index (χ3n) is 4.62. The molecule has 0 aromatic heterocycles. The molecule has 5 heteroatoms. The quantitative estimate of drug-likeness (QED) is 0.731. The van der Waals surface area contributed by atoms with Gasteiger partial charge in [0.2, 0.25) is 5.91 Å². The number of carbonyl (C=O) groups excluding carboxylic acids is 1. The summed E-state index contributed by atoms with van der Waals surface area (Å²) in [6.45, 7) is 9.74. The Morgan fingerprint density at radius 2 is 1.88 bits per heavy atom. The minimum Gasteiger partial charge on any atom is -0.494 e. The maximum atomic E-state index is 12.7. The van der Waals surface area contributed by atoms with Gasteiger partial charge in [-0.15, -0.1) is 0 Å². The molecule has 140 valence electrons. The van der Waals surface area contributed by atoms with Gasteiger partial charge in [0.15, 0.2) is 0 Å². The predicted molar refractivity (Wildman–Crippen MR) is 102 cm³/mol. The second-order valence-corrected chi connectivity index (χ2v) is 6.78. The molecule has 0 aliphatic heterocycles. The van der Waals surface area contributed by atoms with Crippen LogP contribution in [0, 0.1) is 0 Å². The van der Waals surface area contributed by atoms with Gasteiger partial charge in [0, 0.05) is 18.2 Å². The van der Waals surface area contributed by atoms with Gasteiger partial charge in [-0.3, -0.25) is 9.69 Å². The second kappa shape index (κ2) is 9.66. The summed E-state index contributed by atoms with van der Waals surface area (Å²) in [5, 5.41) is 3.02. The molecule has 1 aliphatic rings. The van der Waals surface area contributed by atoms with Gasteiger partial charge in [0.25, 0.3) is 0 Å². The van der Waals surface area contributed by atoms with Crippen LogP contribution in [0.2, 0.25) is 0 Å². The lowest BCUT2D eigenvalue weighted by Crippen LogP contribution is -2.43. The van der Waals surface area contributed by atoms with Gasteiger partial charge in [-0.25, -0.2) is 0 Å². The summed E-state index contributed by atoms with van der Waals surface area (Å²) in [5.41, 5.74) is 0.674. The van der Waals surface area contributed by atoms with E-state index in [2.05, 4.69) is 24.1 Å². The van der Waals surface area contributed by atoms with Crippen LogP contribution in [0.1, 0.15) is 53.4 Å². The van der Waals surface area contributed by atoms with E-state index in [-0.39, 0.29) is 5.91 Å². The molecule has 1 saturated carbocycles. The third kappa shape index (κ3) is 5.63. The minimum atomic E-state index is -0.00444. The Balaban J connectivity index is 2.07. The maximum absolute atomic E-state index is 12.7. The number of amides is 1. The fourth-order valence-electron chi connectivity index (χ4n) is 3.47. The van der Waals surface area contributed by atoms with Crippen molar-refractivity contribution < 1.29 is 14.3 Å². The Labute approximate surface area is 151 Å². The molecule has 0 unspecified atom stereocenters. The first-order valence-corrected chi connectivity index (χ1v) is 9.50. The highest BCUT2D eigenvalue weighted by molar-refractivity contribution is 5.94. The van der Waals surface area contributed by atoms with Gasteiger partial charge >= 0.3 is 0 Å². The van der Waals surface area contributed by atoms with E-state index in [0.29, 0.717) is 43.3 Å². The number of anilines is 1. The van der Waals surface area contributed by atoms with Gasteiger partial charge < -0.3 is 14.8 Å². The Kier molecular flexibility index (Phi) is 7.56. The molecule has 2 rings (SSSR count). The van der Waals surface area contributed by atoms with Crippen molar-refractivity contribution in [1.82, 2.24) is 4.90 Å². The van der Waals surface area contributed by atoms with Crippen molar-refractivity contribution in [3.63, 3.8) is 0 Å². The lowest BCUT2D eigenvalue weighted by atomic mass is 10.1. The number of carbonyl (C=O) groups is 1. The van der Waals surface area contributed by atoms with Crippen LogP contribution >= 0.6 is 0 Å². The summed E-state index contributed by atoms with van der Waals surface area (Å²) in [7, 11) is 0. The number of hydrogen-bond acceptors (Lipinski definition) is 4. The first-order valence-electron chi connectivity index (χ1n) is 9.50. The lowest BCUT2D eigenvalue weighted by Gasteiger charge is -2.32. The molecule has 0 radical (unpaired) electrons. The highest BCUT2D eigenvalue weighted by Gasteiger charge is 2.26. The van der Waals surface area contributed by atoms with Crippen molar-refractivity contribution in [2.24, 2.45) is 0 Å². The van der Waals surface area contributed by atoms with Gasteiger partial charge in [0.05, 0.1) is 25.4 Å². The topological polar surface area (TPSA) is 50.8 Å². The highest BCUT2D eigenvalue weighted by Crippen LogP contribution is 2.30. The van der Waals surface area contributed by atoms with Crippen molar-refractivity contribution in [2.75, 3.05) is 25.1 Å². The van der Waals surface area contributed by atoms with E-state index in [1.165, 1.54) is 25.7 Å². The average molecular weight is 348 g/mol. The fraction of sp³-hybridized carbons (Fsp3) is 0.650. The summed E-state index contributed by atoms with van der Waals surface area (Å²) < 4.78 is 11.2. The molecule has 1 N–H and O–H groups in total. The van der Waals surface area contributed by atoms with Crippen LogP contribution in [0.5, 0.6) is 11.5 Å². The zero-order chi connectivity index (χ0) is 18.2. The lowest BCUT2D eigenvalue weighted by molar-refractivity contribution is -0.118. The third-order valence-corrected chi connectivity index (χ3v) is 4.62. The Morgan fingerprint density at radius 1 is 1.20 bits per heavy atom. The molecule has 0 bridgehead atoms. The van der Waals surface area contributed by atoms with E-state index in [4.69, 9.17) is 9.47 Å². The first kappa shape index (κ1) is 19.6. The van der Waals surface area contributed by atoms with Crippen molar-refractivity contribution in [3.8, 4) is 11.5 Å². The van der Waals surface area contributed by atoms with Gasteiger partial charge in [-0.1, -0.05) is 12.8 Å². The van der Waals surface area contributed by atoms with Gasteiger partial charge in [-0.2, -0.15) is 0 Å². The number of nitrogens with zero attached hydrogens (tertiary/aromatic N) is 1. The zero-order valence-electron chi connectivity index (χ0n) is 16.0. The number of rotatable bonds is 9. The largest absolute Gasteiger partial charge is 0.494 e. The molecule has 25 heavy (non-hydrogen) atoms. The summed E-state index contributed by atoms with van der Waals surface area (Å²) in [4.78, 5) is 15.0. The minimum absolute atomic E-state index is 0.00444. The standard InChI is InChI=1S/C20H32N2O3/c1-5-24-17-11-12-19(25-6-2)18(13-17)21-20(23)14-22(15(3)4)16-9-7-8-10-16/h11-13,15-16H,5-10,14H2,1-4H3,(H,21,23). The van der Waals surface area contributed by atoms with E-state index in [1.54, 1.807) is 0 Å². The summed E-state index contributed by atoms with van der Waals surface area (Å²) >= 11 is 0. The Morgan fingerprint density at radius 3 is 2.48 bits per heavy atom. The zero-order valence-corrected chi connectivity index (χ0v) is 16.0. The molecule has 0 spiro atoms. The average Bonchev–Trinajstić information content (AvgIpc) is 3.09. The number of hydrogen-bond donors (Lipinski definition) is 1. The van der Waals surface area contributed by atoms with E-state index in [1.807, 2.05) is 32.0 Å². The second-order valence-electron chi connectivity index (χ2n) is 6.78. The molecule has 0 saturated heterocycles. The predicted octanol–water partition coefficient (Wildman–Crippen LogP) is 4.08. The van der Waals surface area contributed by atoms with E-state index >= 15 is 0 Å². The summed E-state index contributed by atoms with van der Waals surface area (Å²) in [6.07, 6.45) is 4.91. The molecule has 1 aliphatic carbocycles. The van der Waals surface area contributed by atoms with Crippen LogP contribution < -0.4 is 14.8 Å². The Hall–Kier alpha value is -1.75.